The molecule has 1 aromatic rings. The van der Waals surface area contributed by atoms with Gasteiger partial charge < -0.3 is 21.1 Å². The number of nitrogens with one attached hydrogen (secondary N) is 3. The van der Waals surface area contributed by atoms with Crippen LogP contribution in [0.2, 0.25) is 0 Å². The van der Waals surface area contributed by atoms with Gasteiger partial charge >= 0.3 is 12.0 Å². The second-order valence-corrected chi connectivity index (χ2v) is 5.56. The molecular weight excluding hydrogens is 342 g/mol. The molecule has 0 saturated heterocycles. The van der Waals surface area contributed by atoms with Crippen molar-refractivity contribution >= 4 is 39.5 Å². The Hall–Kier alpha value is -2.09. The highest BCUT2D eigenvalue weighted by Gasteiger charge is 2.23. The van der Waals surface area contributed by atoms with Gasteiger partial charge in [0.2, 0.25) is 5.91 Å². The number of rotatable bonds is 5. The number of aromatic carboxylic acids is 1. The summed E-state index contributed by atoms with van der Waals surface area (Å²) >= 11 is 3.20. The van der Waals surface area contributed by atoms with Gasteiger partial charge in [0.05, 0.1) is 17.8 Å². The topological polar surface area (TPSA) is 108 Å². The number of carboxylic acid groups (broad SMARTS) is 1. The lowest BCUT2D eigenvalue weighted by molar-refractivity contribution is -0.120. The summed E-state index contributed by atoms with van der Waals surface area (Å²) in [5, 5.41) is 16.6. The maximum atomic E-state index is 11.7. The van der Waals surface area contributed by atoms with Gasteiger partial charge in [-0.1, -0.05) is 15.9 Å². The standard InChI is InChI=1S/C13H14BrN3O4/c14-7-1-4-9(12(19)20)10(5-7)17-13(21)15-6-11(18)16-8-2-3-8/h1,4-5,8H,2-3,6H2,(H,16,18)(H,19,20)(H2,15,17,21). The predicted octanol–water partition coefficient (Wildman–Crippen LogP) is 1.55. The van der Waals surface area contributed by atoms with Crippen molar-refractivity contribution in [2.75, 3.05) is 11.9 Å². The first-order valence-corrected chi connectivity index (χ1v) is 7.12. The van der Waals surface area contributed by atoms with Crippen molar-refractivity contribution in [1.29, 1.82) is 0 Å². The summed E-state index contributed by atoms with van der Waals surface area (Å²) in [7, 11) is 0. The van der Waals surface area contributed by atoms with E-state index in [9.17, 15) is 14.4 Å². The van der Waals surface area contributed by atoms with E-state index in [1.165, 1.54) is 12.1 Å². The van der Waals surface area contributed by atoms with Crippen LogP contribution in [0, 0.1) is 0 Å². The summed E-state index contributed by atoms with van der Waals surface area (Å²) < 4.78 is 0.634. The average molecular weight is 356 g/mol. The zero-order valence-electron chi connectivity index (χ0n) is 11.0. The highest BCUT2D eigenvalue weighted by Crippen LogP contribution is 2.21. The molecule has 3 amide bonds. The number of amides is 3. The second-order valence-electron chi connectivity index (χ2n) is 4.64. The van der Waals surface area contributed by atoms with E-state index in [0.29, 0.717) is 4.47 Å². The SMILES string of the molecule is O=C(CNC(=O)Nc1cc(Br)ccc1C(=O)O)NC1CC1. The van der Waals surface area contributed by atoms with Crippen LogP contribution < -0.4 is 16.0 Å². The summed E-state index contributed by atoms with van der Waals surface area (Å²) in [5.74, 6) is -1.41. The molecule has 0 bridgehead atoms. The molecule has 21 heavy (non-hydrogen) atoms. The van der Waals surface area contributed by atoms with Gasteiger partial charge in [-0.25, -0.2) is 9.59 Å². The van der Waals surface area contributed by atoms with Crippen molar-refractivity contribution in [3.63, 3.8) is 0 Å². The Labute approximate surface area is 129 Å². The molecule has 0 spiro atoms. The third-order valence-corrected chi connectivity index (χ3v) is 3.31. The van der Waals surface area contributed by atoms with Crippen LogP contribution in [-0.2, 0) is 4.79 Å². The van der Waals surface area contributed by atoms with E-state index in [4.69, 9.17) is 5.11 Å². The lowest BCUT2D eigenvalue weighted by Crippen LogP contribution is -2.39. The number of benzene rings is 1. The molecule has 1 aromatic carbocycles. The van der Waals surface area contributed by atoms with Crippen molar-refractivity contribution in [2.45, 2.75) is 18.9 Å². The molecule has 0 heterocycles. The van der Waals surface area contributed by atoms with Gasteiger partial charge in [-0.15, -0.1) is 0 Å². The van der Waals surface area contributed by atoms with Gasteiger partial charge in [0, 0.05) is 10.5 Å². The Morgan fingerprint density at radius 3 is 2.62 bits per heavy atom. The molecule has 7 nitrogen and oxygen atoms in total. The van der Waals surface area contributed by atoms with Crippen LogP contribution in [0.4, 0.5) is 10.5 Å². The number of carboxylic acids is 1. The largest absolute Gasteiger partial charge is 0.478 e. The minimum Gasteiger partial charge on any atom is -0.478 e. The lowest BCUT2D eigenvalue weighted by Gasteiger charge is -2.10. The summed E-state index contributed by atoms with van der Waals surface area (Å²) in [6.07, 6.45) is 1.94. The number of urea groups is 1. The van der Waals surface area contributed by atoms with Crippen LogP contribution >= 0.6 is 15.9 Å². The van der Waals surface area contributed by atoms with Crippen molar-refractivity contribution in [1.82, 2.24) is 10.6 Å². The molecular formula is C13H14BrN3O4. The number of hydrogen-bond acceptors (Lipinski definition) is 3. The number of carbonyl (C=O) groups excluding carboxylic acids is 2. The molecule has 1 fully saturated rings. The van der Waals surface area contributed by atoms with Crippen LogP contribution in [0.3, 0.4) is 0 Å². The highest BCUT2D eigenvalue weighted by atomic mass is 79.9. The Kier molecular flexibility index (Phi) is 4.79. The molecule has 4 N–H and O–H groups in total. The summed E-state index contributed by atoms with van der Waals surface area (Å²) in [5.41, 5.74) is 0.118. The molecule has 0 atom stereocenters. The van der Waals surface area contributed by atoms with Crippen molar-refractivity contribution < 1.29 is 19.5 Å². The van der Waals surface area contributed by atoms with Crippen LogP contribution in [0.1, 0.15) is 23.2 Å². The molecule has 0 aliphatic heterocycles. The maximum Gasteiger partial charge on any atom is 0.337 e. The predicted molar refractivity (Wildman–Crippen MR) is 79.3 cm³/mol. The molecule has 0 aromatic heterocycles. The summed E-state index contributed by atoms with van der Waals surface area (Å²) in [6, 6.07) is 4.01. The van der Waals surface area contributed by atoms with Gasteiger partial charge in [-0.3, -0.25) is 4.79 Å². The van der Waals surface area contributed by atoms with Crippen molar-refractivity contribution in [3.8, 4) is 0 Å². The van der Waals surface area contributed by atoms with Gasteiger partial charge in [0.25, 0.3) is 0 Å². The van der Waals surface area contributed by atoms with Crippen LogP contribution in [-0.4, -0.2) is 35.6 Å². The fraction of sp³-hybridized carbons (Fsp3) is 0.308. The molecule has 1 saturated carbocycles. The van der Waals surface area contributed by atoms with Crippen LogP contribution in [0.15, 0.2) is 22.7 Å². The van der Waals surface area contributed by atoms with Gasteiger partial charge in [0.1, 0.15) is 0 Å². The Bertz CT molecular complexity index is 587. The normalized spacial score (nSPS) is 13.4. The Morgan fingerprint density at radius 2 is 2.00 bits per heavy atom. The van der Waals surface area contributed by atoms with Crippen molar-refractivity contribution in [3.05, 3.63) is 28.2 Å². The molecule has 2 rings (SSSR count). The van der Waals surface area contributed by atoms with Gasteiger partial charge in [-0.05, 0) is 31.0 Å². The molecule has 0 unspecified atom stereocenters. The van der Waals surface area contributed by atoms with E-state index >= 15 is 0 Å². The zero-order valence-corrected chi connectivity index (χ0v) is 12.6. The minimum absolute atomic E-state index is 0.0317. The van der Waals surface area contributed by atoms with Gasteiger partial charge in [0.15, 0.2) is 0 Å². The van der Waals surface area contributed by atoms with E-state index in [2.05, 4.69) is 31.9 Å². The van der Waals surface area contributed by atoms with E-state index in [1.54, 1.807) is 6.07 Å². The Balaban J connectivity index is 1.90. The zero-order chi connectivity index (χ0) is 15.4. The molecule has 8 heteroatoms. The fourth-order valence-electron chi connectivity index (χ4n) is 1.64. The fourth-order valence-corrected chi connectivity index (χ4v) is 2.00. The Morgan fingerprint density at radius 1 is 1.29 bits per heavy atom. The van der Waals surface area contributed by atoms with E-state index in [1.807, 2.05) is 0 Å². The monoisotopic (exact) mass is 355 g/mol. The van der Waals surface area contributed by atoms with Gasteiger partial charge in [-0.2, -0.15) is 0 Å². The quantitative estimate of drug-likeness (QED) is 0.642. The van der Waals surface area contributed by atoms with E-state index in [-0.39, 0.29) is 29.7 Å². The first kappa shape index (κ1) is 15.3. The minimum atomic E-state index is -1.15. The lowest BCUT2D eigenvalue weighted by atomic mass is 10.2. The summed E-state index contributed by atoms with van der Waals surface area (Å²) in [4.78, 5) is 34.2. The van der Waals surface area contributed by atoms with Crippen molar-refractivity contribution in [2.24, 2.45) is 0 Å². The second kappa shape index (κ2) is 6.57. The number of anilines is 1. The molecule has 1 aliphatic carbocycles. The van der Waals surface area contributed by atoms with Crippen LogP contribution in [0.25, 0.3) is 0 Å². The first-order chi connectivity index (χ1) is 9.95. The first-order valence-electron chi connectivity index (χ1n) is 6.33. The van der Waals surface area contributed by atoms with E-state index in [0.717, 1.165) is 12.8 Å². The molecule has 112 valence electrons. The number of carbonyl (C=O) groups is 3. The maximum absolute atomic E-state index is 11.7. The summed E-state index contributed by atoms with van der Waals surface area (Å²) in [6.45, 7) is -0.154. The third-order valence-electron chi connectivity index (χ3n) is 2.81. The molecule has 0 radical (unpaired) electrons. The van der Waals surface area contributed by atoms with E-state index < -0.39 is 12.0 Å². The average Bonchev–Trinajstić information content (AvgIpc) is 3.20. The highest BCUT2D eigenvalue weighted by molar-refractivity contribution is 9.10. The third kappa shape index (κ3) is 4.75. The van der Waals surface area contributed by atoms with Crippen LogP contribution in [0.5, 0.6) is 0 Å². The smallest absolute Gasteiger partial charge is 0.337 e. The number of hydrogen-bond donors (Lipinski definition) is 4. The number of halogens is 1. The molecule has 1 aliphatic rings.